The monoisotopic (exact) mass is 432 g/mol. The Hall–Kier alpha value is -2.36. The molecule has 2 amide bonds. The van der Waals surface area contributed by atoms with Crippen LogP contribution in [0.4, 0.5) is 16.3 Å². The molecule has 1 aliphatic heterocycles. The lowest BCUT2D eigenvalue weighted by atomic mass is 10.2. The number of morpholine rings is 1. The van der Waals surface area contributed by atoms with Gasteiger partial charge in [0, 0.05) is 51.1 Å². The van der Waals surface area contributed by atoms with Gasteiger partial charge < -0.3 is 24.6 Å². The van der Waals surface area contributed by atoms with Gasteiger partial charge in [-0.05, 0) is 36.0 Å². The van der Waals surface area contributed by atoms with Crippen molar-refractivity contribution in [3.63, 3.8) is 0 Å². The topological polar surface area (TPSA) is 79.8 Å². The molecule has 0 spiro atoms. The number of carbonyl (C=O) groups is 1. The van der Waals surface area contributed by atoms with Crippen molar-refractivity contribution < 1.29 is 14.3 Å². The standard InChI is InChI=1S/C21H29N5O3S/c1-25(8-11-28-2)21(27)23-17-6-4-16(5-7-17)20-22-18(15-30-3)14-19(24-20)26-9-12-29-13-10-26/h4-7,14H,8-13,15H2,1-3H3,(H,23,27)/p+1. The fraction of sp³-hybridized carbons (Fsp3) is 0.476. The Balaban J connectivity index is 1.76. The number of carbonyl (C=O) groups excluding carboxylic acids is 1. The van der Waals surface area contributed by atoms with E-state index in [1.165, 1.54) is 11.8 Å². The number of anilines is 2. The number of hydrogen-bond donors (Lipinski definition) is 1. The van der Waals surface area contributed by atoms with Crippen molar-refractivity contribution in [2.24, 2.45) is 0 Å². The summed E-state index contributed by atoms with van der Waals surface area (Å²) >= 11 is 1.26. The summed E-state index contributed by atoms with van der Waals surface area (Å²) < 4.78 is 10.5. The quantitative estimate of drug-likeness (QED) is 0.508. The molecule has 2 aromatic rings. The van der Waals surface area contributed by atoms with E-state index >= 15 is 0 Å². The first-order valence-corrected chi connectivity index (χ1v) is 11.5. The van der Waals surface area contributed by atoms with Gasteiger partial charge in [-0.3, -0.25) is 0 Å². The Morgan fingerprint density at radius 3 is 2.67 bits per heavy atom. The summed E-state index contributed by atoms with van der Waals surface area (Å²) in [4.78, 5) is 25.6. The molecular weight excluding hydrogens is 402 g/mol. The average Bonchev–Trinajstić information content (AvgIpc) is 2.78. The number of ether oxygens (including phenoxy) is 2. The molecule has 0 radical (unpaired) electrons. The number of benzene rings is 1. The van der Waals surface area contributed by atoms with Crippen LogP contribution in [-0.4, -0.2) is 80.8 Å². The van der Waals surface area contributed by atoms with Gasteiger partial charge in [0.05, 0.1) is 31.8 Å². The summed E-state index contributed by atoms with van der Waals surface area (Å²) in [6.07, 6.45) is 2.12. The summed E-state index contributed by atoms with van der Waals surface area (Å²) in [6, 6.07) is 9.54. The summed E-state index contributed by atoms with van der Waals surface area (Å²) in [5, 5.41) is 2.89. The van der Waals surface area contributed by atoms with E-state index in [4.69, 9.17) is 19.4 Å². The van der Waals surface area contributed by atoms with E-state index in [9.17, 15) is 4.79 Å². The summed E-state index contributed by atoms with van der Waals surface area (Å²) in [5.41, 5.74) is 2.68. The molecule has 1 fully saturated rings. The highest BCUT2D eigenvalue weighted by molar-refractivity contribution is 7.76. The Bertz CT molecular complexity index is 828. The number of thiol groups is 1. The van der Waals surface area contributed by atoms with Gasteiger partial charge in [0.25, 0.3) is 0 Å². The Labute approximate surface area is 182 Å². The van der Waals surface area contributed by atoms with Crippen molar-refractivity contribution in [2.45, 2.75) is 5.75 Å². The fourth-order valence-electron chi connectivity index (χ4n) is 3.06. The first-order chi connectivity index (χ1) is 14.6. The van der Waals surface area contributed by atoms with Crippen LogP contribution < -0.4 is 10.2 Å². The van der Waals surface area contributed by atoms with E-state index in [1.54, 1.807) is 19.1 Å². The minimum Gasteiger partial charge on any atom is -0.383 e. The van der Waals surface area contributed by atoms with Gasteiger partial charge in [-0.15, -0.1) is 0 Å². The van der Waals surface area contributed by atoms with E-state index in [1.807, 2.05) is 24.3 Å². The van der Waals surface area contributed by atoms with Crippen molar-refractivity contribution in [2.75, 3.05) is 70.1 Å². The number of aromatic nitrogens is 2. The molecular formula is C21H30N5O3S+. The molecule has 1 saturated heterocycles. The highest BCUT2D eigenvalue weighted by atomic mass is 32.2. The van der Waals surface area contributed by atoms with E-state index < -0.39 is 0 Å². The van der Waals surface area contributed by atoms with Crippen molar-refractivity contribution in [1.29, 1.82) is 0 Å². The molecule has 9 heteroatoms. The molecule has 0 bridgehead atoms. The lowest BCUT2D eigenvalue weighted by molar-refractivity contribution is 0.122. The average molecular weight is 433 g/mol. The number of hydrogen-bond acceptors (Lipinski definition) is 6. The molecule has 1 aliphatic rings. The first-order valence-electron chi connectivity index (χ1n) is 9.98. The Kier molecular flexibility index (Phi) is 8.30. The van der Waals surface area contributed by atoms with Crippen molar-refractivity contribution in [3.8, 4) is 11.4 Å². The summed E-state index contributed by atoms with van der Waals surface area (Å²) in [6.45, 7) is 4.13. The SMILES string of the molecule is COCCN(C)C(=O)Nc1ccc(-c2nc(C[SH+]C)cc(N3CCOCC3)n2)cc1. The number of amides is 2. The molecule has 1 N–H and O–H groups in total. The van der Waals surface area contributed by atoms with E-state index in [0.29, 0.717) is 32.2 Å². The van der Waals surface area contributed by atoms with Crippen LogP contribution in [-0.2, 0) is 27.0 Å². The van der Waals surface area contributed by atoms with Crippen molar-refractivity contribution in [3.05, 3.63) is 36.0 Å². The fourth-order valence-corrected chi connectivity index (χ4v) is 3.55. The molecule has 1 aromatic carbocycles. The first kappa shape index (κ1) is 22.3. The zero-order chi connectivity index (χ0) is 21.3. The molecule has 0 aliphatic carbocycles. The number of urea groups is 1. The third-order valence-electron chi connectivity index (χ3n) is 4.79. The maximum atomic E-state index is 12.2. The van der Waals surface area contributed by atoms with Crippen LogP contribution in [0.25, 0.3) is 11.4 Å². The second kappa shape index (κ2) is 11.1. The Morgan fingerprint density at radius 2 is 2.00 bits per heavy atom. The predicted molar refractivity (Wildman–Crippen MR) is 122 cm³/mol. The largest absolute Gasteiger partial charge is 0.383 e. The van der Waals surface area contributed by atoms with E-state index in [2.05, 4.69) is 22.5 Å². The second-order valence-electron chi connectivity index (χ2n) is 7.04. The maximum absolute atomic E-state index is 12.2. The van der Waals surface area contributed by atoms with Crippen LogP contribution in [0, 0.1) is 0 Å². The molecule has 162 valence electrons. The van der Waals surface area contributed by atoms with Crippen molar-refractivity contribution in [1.82, 2.24) is 14.9 Å². The van der Waals surface area contributed by atoms with E-state index in [-0.39, 0.29) is 6.03 Å². The lowest BCUT2D eigenvalue weighted by Crippen LogP contribution is -2.37. The summed E-state index contributed by atoms with van der Waals surface area (Å²) in [5.74, 6) is 2.53. The van der Waals surface area contributed by atoms with Crippen LogP contribution in [0.2, 0.25) is 0 Å². The van der Waals surface area contributed by atoms with Gasteiger partial charge in [0.2, 0.25) is 0 Å². The number of methoxy groups -OCH3 is 1. The molecule has 0 atom stereocenters. The zero-order valence-corrected chi connectivity index (χ0v) is 18.7. The molecule has 3 rings (SSSR count). The molecule has 0 saturated carbocycles. The van der Waals surface area contributed by atoms with Gasteiger partial charge in [0.15, 0.2) is 5.82 Å². The van der Waals surface area contributed by atoms with Crippen LogP contribution >= 0.6 is 0 Å². The number of rotatable bonds is 8. The summed E-state index contributed by atoms with van der Waals surface area (Å²) in [7, 11) is 3.36. The number of nitrogens with zero attached hydrogens (tertiary/aromatic N) is 4. The van der Waals surface area contributed by atoms with Crippen LogP contribution in [0.3, 0.4) is 0 Å². The highest BCUT2D eigenvalue weighted by Crippen LogP contribution is 2.23. The van der Waals surface area contributed by atoms with Gasteiger partial charge in [0.1, 0.15) is 11.6 Å². The van der Waals surface area contributed by atoms with Gasteiger partial charge >= 0.3 is 6.03 Å². The molecule has 1 aromatic heterocycles. The van der Waals surface area contributed by atoms with Gasteiger partial charge in [-0.1, -0.05) is 0 Å². The maximum Gasteiger partial charge on any atom is 0.321 e. The molecule has 2 heterocycles. The normalized spacial score (nSPS) is 13.9. The van der Waals surface area contributed by atoms with Gasteiger partial charge in [-0.25, -0.2) is 14.8 Å². The second-order valence-corrected chi connectivity index (χ2v) is 7.99. The van der Waals surface area contributed by atoms with Gasteiger partial charge in [-0.2, -0.15) is 0 Å². The van der Waals surface area contributed by atoms with Crippen LogP contribution in [0.1, 0.15) is 5.69 Å². The predicted octanol–water partition coefficient (Wildman–Crippen LogP) is 2.03. The molecule has 8 nitrogen and oxygen atoms in total. The Morgan fingerprint density at radius 1 is 1.27 bits per heavy atom. The highest BCUT2D eigenvalue weighted by Gasteiger charge is 2.17. The number of nitrogens with one attached hydrogen (secondary N) is 1. The third kappa shape index (κ3) is 6.07. The third-order valence-corrected chi connectivity index (χ3v) is 5.43. The molecule has 30 heavy (non-hydrogen) atoms. The smallest absolute Gasteiger partial charge is 0.321 e. The van der Waals surface area contributed by atoms with Crippen LogP contribution in [0.15, 0.2) is 30.3 Å². The number of likely N-dealkylation sites (N-methyl/N-ethyl adjacent to an activating group) is 1. The minimum atomic E-state index is -0.172. The molecule has 0 unspecified atom stereocenters. The minimum absolute atomic E-state index is 0.172. The zero-order valence-electron chi connectivity index (χ0n) is 17.8. The van der Waals surface area contributed by atoms with Crippen molar-refractivity contribution >= 4 is 29.3 Å². The van der Waals surface area contributed by atoms with E-state index in [0.717, 1.165) is 41.6 Å². The van der Waals surface area contributed by atoms with Crippen LogP contribution in [0.5, 0.6) is 0 Å². The lowest BCUT2D eigenvalue weighted by Gasteiger charge is -2.28.